The Labute approximate surface area is 159 Å². The van der Waals surface area contributed by atoms with Gasteiger partial charge in [-0.15, -0.1) is 0 Å². The Balaban J connectivity index is 1.84. The average Bonchev–Trinajstić information content (AvgIpc) is 2.66. The molecule has 0 bridgehead atoms. The number of nitrogens with zero attached hydrogens (tertiary/aromatic N) is 1. The lowest BCUT2D eigenvalue weighted by Gasteiger charge is -2.07. The molecule has 2 rings (SSSR count). The molecule has 144 valence electrons. The van der Waals surface area contributed by atoms with E-state index in [0.29, 0.717) is 5.69 Å². The zero-order valence-electron chi connectivity index (χ0n) is 14.5. The van der Waals surface area contributed by atoms with E-state index >= 15 is 0 Å². The molecule has 28 heavy (non-hydrogen) atoms. The highest BCUT2D eigenvalue weighted by Crippen LogP contribution is 2.29. The topological polar surface area (TPSA) is 79.2 Å². The first kappa shape index (κ1) is 20.7. The highest BCUT2D eigenvalue weighted by molar-refractivity contribution is 5.94. The second kappa shape index (κ2) is 9.37. The number of nitriles is 1. The van der Waals surface area contributed by atoms with Crippen LogP contribution in [0.3, 0.4) is 0 Å². The van der Waals surface area contributed by atoms with E-state index in [4.69, 9.17) is 10.00 Å². The quantitative estimate of drug-likeness (QED) is 0.600. The number of carbonyl (C=O) groups excluding carboxylic acids is 2. The second-order valence-electron chi connectivity index (χ2n) is 5.64. The van der Waals surface area contributed by atoms with Crippen molar-refractivity contribution in [3.8, 4) is 6.07 Å². The summed E-state index contributed by atoms with van der Waals surface area (Å²) in [5.41, 5.74) is 0.616. The minimum absolute atomic E-state index is 0.175. The van der Waals surface area contributed by atoms with Gasteiger partial charge in [0.1, 0.15) is 0 Å². The molecule has 2 aromatic rings. The van der Waals surface area contributed by atoms with Crippen LogP contribution in [0.1, 0.15) is 16.7 Å². The van der Waals surface area contributed by atoms with Crippen LogP contribution < -0.4 is 5.32 Å². The van der Waals surface area contributed by atoms with Gasteiger partial charge in [0.2, 0.25) is 0 Å². The van der Waals surface area contributed by atoms with Crippen LogP contribution in [-0.2, 0) is 26.9 Å². The Morgan fingerprint density at radius 2 is 1.86 bits per heavy atom. The van der Waals surface area contributed by atoms with E-state index in [9.17, 15) is 22.8 Å². The van der Waals surface area contributed by atoms with Gasteiger partial charge in [-0.05, 0) is 41.5 Å². The Morgan fingerprint density at radius 3 is 2.50 bits per heavy atom. The molecule has 0 radical (unpaired) electrons. The first-order valence-electron chi connectivity index (χ1n) is 8.06. The molecule has 0 saturated heterocycles. The van der Waals surface area contributed by atoms with Crippen molar-refractivity contribution in [1.82, 2.24) is 0 Å². The van der Waals surface area contributed by atoms with Crippen LogP contribution in [0.25, 0.3) is 6.08 Å². The third-order valence-corrected chi connectivity index (χ3v) is 3.49. The summed E-state index contributed by atoms with van der Waals surface area (Å²) in [5.74, 6) is -1.44. The predicted molar refractivity (Wildman–Crippen MR) is 95.8 cm³/mol. The van der Waals surface area contributed by atoms with Crippen molar-refractivity contribution in [1.29, 1.82) is 5.26 Å². The molecule has 0 atom stereocenters. The molecule has 0 fully saturated rings. The van der Waals surface area contributed by atoms with E-state index in [1.807, 2.05) is 6.07 Å². The van der Waals surface area contributed by atoms with E-state index < -0.39 is 30.2 Å². The van der Waals surface area contributed by atoms with E-state index in [1.54, 1.807) is 24.3 Å². The van der Waals surface area contributed by atoms with Gasteiger partial charge in [0.25, 0.3) is 5.91 Å². The van der Waals surface area contributed by atoms with E-state index in [0.717, 1.165) is 23.8 Å². The molecule has 0 aliphatic carbocycles. The molecular formula is C20H15F3N2O3. The molecule has 8 heteroatoms. The number of hydrogen-bond donors (Lipinski definition) is 1. The number of ether oxygens (including phenoxy) is 1. The molecule has 0 saturated carbocycles. The maximum atomic E-state index is 12.6. The molecule has 2 aromatic carbocycles. The summed E-state index contributed by atoms with van der Waals surface area (Å²) in [5, 5.41) is 11.1. The van der Waals surface area contributed by atoms with Gasteiger partial charge in [0.05, 0.1) is 18.1 Å². The smallest absolute Gasteiger partial charge is 0.416 e. The minimum Gasteiger partial charge on any atom is -0.452 e. The van der Waals surface area contributed by atoms with Gasteiger partial charge < -0.3 is 10.1 Å². The van der Waals surface area contributed by atoms with Gasteiger partial charge >= 0.3 is 12.1 Å². The van der Waals surface area contributed by atoms with E-state index in [2.05, 4.69) is 5.32 Å². The fourth-order valence-electron chi connectivity index (χ4n) is 2.16. The lowest BCUT2D eigenvalue weighted by molar-refractivity contribution is -0.142. The van der Waals surface area contributed by atoms with Crippen molar-refractivity contribution in [3.05, 3.63) is 71.3 Å². The number of benzene rings is 2. The number of esters is 1. The van der Waals surface area contributed by atoms with Crippen molar-refractivity contribution in [2.45, 2.75) is 12.6 Å². The van der Waals surface area contributed by atoms with Crippen LogP contribution in [0.2, 0.25) is 0 Å². The third kappa shape index (κ3) is 6.61. The predicted octanol–water partition coefficient (Wildman–Crippen LogP) is 3.97. The first-order valence-corrected chi connectivity index (χ1v) is 8.06. The molecule has 0 heterocycles. The van der Waals surface area contributed by atoms with Crippen molar-refractivity contribution in [2.75, 3.05) is 11.9 Å². The molecule has 1 amide bonds. The largest absolute Gasteiger partial charge is 0.452 e. The van der Waals surface area contributed by atoms with Crippen LogP contribution in [0.5, 0.6) is 0 Å². The number of nitrogens with one attached hydrogen (secondary N) is 1. The molecule has 0 unspecified atom stereocenters. The highest BCUT2D eigenvalue weighted by Gasteiger charge is 2.30. The monoisotopic (exact) mass is 388 g/mol. The van der Waals surface area contributed by atoms with Gasteiger partial charge in [0, 0.05) is 11.8 Å². The summed E-state index contributed by atoms with van der Waals surface area (Å²) >= 11 is 0. The van der Waals surface area contributed by atoms with Crippen molar-refractivity contribution in [3.63, 3.8) is 0 Å². The minimum atomic E-state index is -4.48. The molecule has 5 nitrogen and oxygen atoms in total. The van der Waals surface area contributed by atoms with Gasteiger partial charge in [0.15, 0.2) is 6.61 Å². The van der Waals surface area contributed by atoms with Crippen LogP contribution >= 0.6 is 0 Å². The maximum Gasteiger partial charge on any atom is 0.416 e. The van der Waals surface area contributed by atoms with Crippen LogP contribution in [0.15, 0.2) is 54.6 Å². The summed E-state index contributed by atoms with van der Waals surface area (Å²) in [7, 11) is 0. The summed E-state index contributed by atoms with van der Waals surface area (Å²) in [6.07, 6.45) is -2.11. The number of halogens is 3. The van der Waals surface area contributed by atoms with Crippen molar-refractivity contribution >= 4 is 23.6 Å². The zero-order chi connectivity index (χ0) is 20.6. The second-order valence-corrected chi connectivity index (χ2v) is 5.64. The third-order valence-electron chi connectivity index (χ3n) is 3.49. The lowest BCUT2D eigenvalue weighted by atomic mass is 10.1. The van der Waals surface area contributed by atoms with Gasteiger partial charge in [-0.25, -0.2) is 4.79 Å². The lowest BCUT2D eigenvalue weighted by Crippen LogP contribution is -2.20. The molecule has 0 aliphatic heterocycles. The summed E-state index contributed by atoms with van der Waals surface area (Å²) in [6, 6.07) is 13.0. The zero-order valence-corrected chi connectivity index (χ0v) is 14.5. The number of anilines is 1. The fraction of sp³-hybridized carbons (Fsp3) is 0.150. The van der Waals surface area contributed by atoms with E-state index in [1.165, 1.54) is 18.2 Å². The van der Waals surface area contributed by atoms with Crippen molar-refractivity contribution < 1.29 is 27.5 Å². The SMILES string of the molecule is N#CCc1ccc(NC(=O)COC(=O)/C=C/c2cccc(C(F)(F)F)c2)cc1. The van der Waals surface area contributed by atoms with Crippen molar-refractivity contribution in [2.24, 2.45) is 0 Å². The van der Waals surface area contributed by atoms with Gasteiger partial charge in [-0.3, -0.25) is 4.79 Å². The molecule has 0 spiro atoms. The summed E-state index contributed by atoms with van der Waals surface area (Å²) < 4.78 is 42.7. The standard InChI is InChI=1S/C20H15F3N2O3/c21-20(22,23)16-3-1-2-15(12-16)6-9-19(27)28-13-18(26)25-17-7-4-14(5-8-17)10-11-24/h1-9,12H,10,13H2,(H,25,26)/b9-6+. The van der Waals surface area contributed by atoms with Crippen LogP contribution in [0, 0.1) is 11.3 Å². The summed E-state index contributed by atoms with van der Waals surface area (Å²) in [6.45, 7) is -0.550. The van der Waals surface area contributed by atoms with Gasteiger partial charge in [-0.1, -0.05) is 24.3 Å². The Kier molecular flexibility index (Phi) is 6.93. The average molecular weight is 388 g/mol. The van der Waals surface area contributed by atoms with Crippen LogP contribution in [-0.4, -0.2) is 18.5 Å². The number of hydrogen-bond acceptors (Lipinski definition) is 4. The van der Waals surface area contributed by atoms with E-state index in [-0.39, 0.29) is 12.0 Å². The maximum absolute atomic E-state index is 12.6. The molecule has 0 aromatic heterocycles. The van der Waals surface area contributed by atoms with Gasteiger partial charge in [-0.2, -0.15) is 18.4 Å². The molecule has 1 N–H and O–H groups in total. The Hall–Kier alpha value is -3.60. The molecule has 0 aliphatic rings. The highest BCUT2D eigenvalue weighted by atomic mass is 19.4. The number of alkyl halides is 3. The first-order chi connectivity index (χ1) is 13.3. The molecular weight excluding hydrogens is 373 g/mol. The number of amides is 1. The number of rotatable bonds is 6. The Bertz CT molecular complexity index is 914. The normalized spacial score (nSPS) is 11.1. The van der Waals surface area contributed by atoms with Crippen LogP contribution in [0.4, 0.5) is 18.9 Å². The summed E-state index contributed by atoms with van der Waals surface area (Å²) in [4.78, 5) is 23.4. The number of carbonyl (C=O) groups is 2. The fourth-order valence-corrected chi connectivity index (χ4v) is 2.16. The Morgan fingerprint density at radius 1 is 1.14 bits per heavy atom.